The van der Waals surface area contributed by atoms with Crippen LogP contribution in [0.5, 0.6) is 0 Å². The molecule has 1 amide bonds. The second-order valence-electron chi connectivity index (χ2n) is 4.51. The van der Waals surface area contributed by atoms with E-state index in [0.717, 1.165) is 18.7 Å². The first-order valence-corrected chi connectivity index (χ1v) is 7.63. The first kappa shape index (κ1) is 15.1. The minimum absolute atomic E-state index is 0.00208. The highest BCUT2D eigenvalue weighted by molar-refractivity contribution is 7.98. The van der Waals surface area contributed by atoms with Crippen molar-refractivity contribution in [1.82, 2.24) is 5.32 Å². The van der Waals surface area contributed by atoms with E-state index in [0.29, 0.717) is 18.0 Å². The molecule has 0 aliphatic carbocycles. The molecule has 1 atom stereocenters. The summed E-state index contributed by atoms with van der Waals surface area (Å²) in [5, 5.41) is 2.96. The molecule has 0 saturated carbocycles. The highest BCUT2D eigenvalue weighted by atomic mass is 32.2. The normalized spacial score (nSPS) is 12.2. The number of carbonyl (C=O) groups is 1. The summed E-state index contributed by atoms with van der Waals surface area (Å²) in [7, 11) is 0. The molecule has 3 nitrogen and oxygen atoms in total. The number of carbonyl (C=O) groups excluding carboxylic acids is 1. The van der Waals surface area contributed by atoms with E-state index in [4.69, 9.17) is 5.73 Å². The van der Waals surface area contributed by atoms with E-state index in [2.05, 4.69) is 18.5 Å². The average Bonchev–Trinajstić information content (AvgIpc) is 2.37. The number of hydrogen-bond acceptors (Lipinski definition) is 3. The van der Waals surface area contributed by atoms with Gasteiger partial charge in [0.15, 0.2) is 0 Å². The SMILES string of the molecule is CSCC(C)CNC(=O)c1ccc(CCN)cc1. The summed E-state index contributed by atoms with van der Waals surface area (Å²) in [5.74, 6) is 1.57. The summed E-state index contributed by atoms with van der Waals surface area (Å²) in [6.45, 7) is 3.50. The van der Waals surface area contributed by atoms with Crippen LogP contribution in [0, 0.1) is 5.92 Å². The molecule has 1 aromatic carbocycles. The van der Waals surface area contributed by atoms with E-state index < -0.39 is 0 Å². The molecule has 0 aromatic heterocycles. The molecule has 0 aliphatic heterocycles. The Hall–Kier alpha value is -1.00. The third kappa shape index (κ3) is 5.10. The number of thioether (sulfide) groups is 1. The molecule has 100 valence electrons. The molecule has 1 aromatic rings. The van der Waals surface area contributed by atoms with E-state index in [-0.39, 0.29) is 5.91 Å². The lowest BCUT2D eigenvalue weighted by atomic mass is 10.1. The predicted octanol–water partition coefficient (Wildman–Crippen LogP) is 1.92. The van der Waals surface area contributed by atoms with Crippen LogP contribution in [0.15, 0.2) is 24.3 Å². The maximum absolute atomic E-state index is 11.9. The molecule has 0 bridgehead atoms. The molecule has 3 N–H and O–H groups in total. The van der Waals surface area contributed by atoms with E-state index in [1.165, 1.54) is 5.56 Å². The van der Waals surface area contributed by atoms with E-state index in [9.17, 15) is 4.79 Å². The highest BCUT2D eigenvalue weighted by Gasteiger charge is 2.07. The van der Waals surface area contributed by atoms with E-state index >= 15 is 0 Å². The van der Waals surface area contributed by atoms with Crippen LogP contribution < -0.4 is 11.1 Å². The zero-order valence-electron chi connectivity index (χ0n) is 11.1. The summed E-state index contributed by atoms with van der Waals surface area (Å²) < 4.78 is 0. The van der Waals surface area contributed by atoms with Gasteiger partial charge in [-0.15, -0.1) is 0 Å². The van der Waals surface area contributed by atoms with Crippen molar-refractivity contribution in [3.05, 3.63) is 35.4 Å². The van der Waals surface area contributed by atoms with Crippen LogP contribution >= 0.6 is 11.8 Å². The molecular formula is C14H22N2OS. The van der Waals surface area contributed by atoms with Gasteiger partial charge in [-0.25, -0.2) is 0 Å². The van der Waals surface area contributed by atoms with Gasteiger partial charge < -0.3 is 11.1 Å². The Morgan fingerprint density at radius 2 is 2.06 bits per heavy atom. The topological polar surface area (TPSA) is 55.1 Å². The quantitative estimate of drug-likeness (QED) is 0.793. The third-order valence-corrected chi connectivity index (χ3v) is 3.61. The third-order valence-electron chi connectivity index (χ3n) is 2.71. The van der Waals surface area contributed by atoms with Crippen molar-refractivity contribution < 1.29 is 4.79 Å². The number of rotatable bonds is 7. The zero-order valence-corrected chi connectivity index (χ0v) is 11.9. The molecule has 0 fully saturated rings. The first-order chi connectivity index (χ1) is 8.67. The van der Waals surface area contributed by atoms with Gasteiger partial charge in [-0.05, 0) is 48.6 Å². The van der Waals surface area contributed by atoms with Crippen LogP contribution in [0.4, 0.5) is 0 Å². The Bertz CT molecular complexity index is 365. The molecule has 0 radical (unpaired) electrons. The van der Waals surface area contributed by atoms with Gasteiger partial charge in [-0.3, -0.25) is 4.79 Å². The van der Waals surface area contributed by atoms with Gasteiger partial charge in [0.05, 0.1) is 0 Å². The highest BCUT2D eigenvalue weighted by Crippen LogP contribution is 2.06. The lowest BCUT2D eigenvalue weighted by molar-refractivity contribution is 0.0949. The number of benzene rings is 1. The van der Waals surface area contributed by atoms with Crippen LogP contribution in [0.1, 0.15) is 22.8 Å². The molecule has 1 unspecified atom stereocenters. The fraction of sp³-hybridized carbons (Fsp3) is 0.500. The number of hydrogen-bond donors (Lipinski definition) is 2. The fourth-order valence-corrected chi connectivity index (χ4v) is 2.39. The molecular weight excluding hydrogens is 244 g/mol. The van der Waals surface area contributed by atoms with Gasteiger partial charge in [0, 0.05) is 12.1 Å². The zero-order chi connectivity index (χ0) is 13.4. The van der Waals surface area contributed by atoms with Gasteiger partial charge in [-0.2, -0.15) is 11.8 Å². The van der Waals surface area contributed by atoms with Crippen molar-refractivity contribution >= 4 is 17.7 Å². The molecule has 0 heterocycles. The van der Waals surface area contributed by atoms with Crippen molar-refractivity contribution in [1.29, 1.82) is 0 Å². The minimum Gasteiger partial charge on any atom is -0.352 e. The lowest BCUT2D eigenvalue weighted by Crippen LogP contribution is -2.29. The molecule has 4 heteroatoms. The molecule has 18 heavy (non-hydrogen) atoms. The van der Waals surface area contributed by atoms with Gasteiger partial charge >= 0.3 is 0 Å². The summed E-state index contributed by atoms with van der Waals surface area (Å²) in [5.41, 5.74) is 7.37. The molecule has 0 aliphatic rings. The average molecular weight is 266 g/mol. The van der Waals surface area contributed by atoms with Crippen molar-refractivity contribution in [3.8, 4) is 0 Å². The smallest absolute Gasteiger partial charge is 0.251 e. The van der Waals surface area contributed by atoms with Crippen LogP contribution in [0.25, 0.3) is 0 Å². The minimum atomic E-state index is 0.00208. The predicted molar refractivity (Wildman–Crippen MR) is 79.1 cm³/mol. The van der Waals surface area contributed by atoms with Gasteiger partial charge in [0.1, 0.15) is 0 Å². The maximum atomic E-state index is 11.9. The summed E-state index contributed by atoms with van der Waals surface area (Å²) in [6, 6.07) is 7.65. The first-order valence-electron chi connectivity index (χ1n) is 6.23. The molecule has 0 saturated heterocycles. The summed E-state index contributed by atoms with van der Waals surface area (Å²) >= 11 is 1.80. The van der Waals surface area contributed by atoms with Gasteiger partial charge in [0.2, 0.25) is 0 Å². The Morgan fingerprint density at radius 1 is 1.39 bits per heavy atom. The fourth-order valence-electron chi connectivity index (χ4n) is 1.70. The van der Waals surface area contributed by atoms with Crippen LogP contribution in [0.2, 0.25) is 0 Å². The van der Waals surface area contributed by atoms with Crippen molar-refractivity contribution in [2.45, 2.75) is 13.3 Å². The number of amides is 1. The maximum Gasteiger partial charge on any atom is 0.251 e. The van der Waals surface area contributed by atoms with Crippen LogP contribution in [0.3, 0.4) is 0 Å². The Morgan fingerprint density at radius 3 is 2.61 bits per heavy atom. The molecule has 1 rings (SSSR count). The monoisotopic (exact) mass is 266 g/mol. The van der Waals surface area contributed by atoms with Gasteiger partial charge in [-0.1, -0.05) is 19.1 Å². The Balaban J connectivity index is 2.46. The van der Waals surface area contributed by atoms with Crippen molar-refractivity contribution in [2.24, 2.45) is 11.7 Å². The standard InChI is InChI=1S/C14H22N2OS/c1-11(10-18-2)9-16-14(17)13-5-3-12(4-6-13)7-8-15/h3-6,11H,7-10,15H2,1-2H3,(H,16,17). The van der Waals surface area contributed by atoms with Crippen molar-refractivity contribution in [3.63, 3.8) is 0 Å². The van der Waals surface area contributed by atoms with E-state index in [1.807, 2.05) is 24.3 Å². The second kappa shape index (κ2) is 8.16. The van der Waals surface area contributed by atoms with E-state index in [1.54, 1.807) is 11.8 Å². The van der Waals surface area contributed by atoms with Crippen LogP contribution in [-0.4, -0.2) is 31.0 Å². The second-order valence-corrected chi connectivity index (χ2v) is 5.42. The van der Waals surface area contributed by atoms with Crippen LogP contribution in [-0.2, 0) is 6.42 Å². The largest absolute Gasteiger partial charge is 0.352 e. The lowest BCUT2D eigenvalue weighted by Gasteiger charge is -2.11. The molecule has 0 spiro atoms. The number of nitrogens with two attached hydrogens (primary N) is 1. The number of nitrogens with one attached hydrogen (secondary N) is 1. The van der Waals surface area contributed by atoms with Crippen molar-refractivity contribution in [2.75, 3.05) is 25.1 Å². The summed E-state index contributed by atoms with van der Waals surface area (Å²) in [6.07, 6.45) is 2.93. The summed E-state index contributed by atoms with van der Waals surface area (Å²) in [4.78, 5) is 11.9. The Labute approximate surface area is 114 Å². The Kier molecular flexibility index (Phi) is 6.83. The van der Waals surface area contributed by atoms with Gasteiger partial charge in [0.25, 0.3) is 5.91 Å².